The second kappa shape index (κ2) is 3.88. The van der Waals surface area contributed by atoms with E-state index in [4.69, 9.17) is 17.4 Å². The van der Waals surface area contributed by atoms with Crippen molar-refractivity contribution in [1.29, 1.82) is 0 Å². The molecule has 1 heterocycles. The van der Waals surface area contributed by atoms with Crippen molar-refractivity contribution >= 4 is 22.9 Å². The van der Waals surface area contributed by atoms with E-state index in [9.17, 15) is 8.78 Å². The Kier molecular flexibility index (Phi) is 3.23. The van der Waals surface area contributed by atoms with Gasteiger partial charge in [0.25, 0.3) is 5.92 Å². The first-order chi connectivity index (χ1) is 5.95. The van der Waals surface area contributed by atoms with Crippen LogP contribution in [0.2, 0.25) is 4.34 Å². The molecule has 2 nitrogen and oxygen atoms in total. The van der Waals surface area contributed by atoms with Crippen LogP contribution in [0.15, 0.2) is 12.1 Å². The van der Waals surface area contributed by atoms with E-state index in [0.29, 0.717) is 9.21 Å². The molecule has 0 aliphatic rings. The molecule has 0 saturated carbocycles. The van der Waals surface area contributed by atoms with Crippen LogP contribution in [0.5, 0.6) is 0 Å². The van der Waals surface area contributed by atoms with Crippen LogP contribution in [0.1, 0.15) is 17.8 Å². The molecule has 1 atom stereocenters. The van der Waals surface area contributed by atoms with Crippen LogP contribution in [0, 0.1) is 0 Å². The highest BCUT2D eigenvalue weighted by molar-refractivity contribution is 7.16. The van der Waals surface area contributed by atoms with Gasteiger partial charge in [0, 0.05) is 11.8 Å². The molecule has 0 aromatic carbocycles. The van der Waals surface area contributed by atoms with Crippen LogP contribution < -0.4 is 11.3 Å². The largest absolute Gasteiger partial charge is 0.271 e. The van der Waals surface area contributed by atoms with E-state index in [-0.39, 0.29) is 0 Å². The number of alkyl halides is 2. The second-order valence-corrected chi connectivity index (χ2v) is 4.44. The Morgan fingerprint density at radius 3 is 2.54 bits per heavy atom. The molecule has 1 rings (SSSR count). The number of thiophene rings is 1. The van der Waals surface area contributed by atoms with E-state index in [1.54, 1.807) is 6.07 Å². The molecule has 0 bridgehead atoms. The summed E-state index contributed by atoms with van der Waals surface area (Å²) in [4.78, 5) is 0.431. The summed E-state index contributed by atoms with van der Waals surface area (Å²) in [7, 11) is 0. The first-order valence-electron chi connectivity index (χ1n) is 3.54. The number of hydrazine groups is 1. The van der Waals surface area contributed by atoms with Crippen LogP contribution in [0.4, 0.5) is 8.78 Å². The number of rotatable bonds is 3. The van der Waals surface area contributed by atoms with Gasteiger partial charge in [0.05, 0.1) is 4.34 Å². The zero-order valence-electron chi connectivity index (χ0n) is 6.85. The Balaban J connectivity index is 2.91. The second-order valence-electron chi connectivity index (χ2n) is 2.70. The maximum atomic E-state index is 12.9. The summed E-state index contributed by atoms with van der Waals surface area (Å²) in [6, 6.07) is 1.93. The lowest BCUT2D eigenvalue weighted by atomic mass is 10.1. The van der Waals surface area contributed by atoms with Gasteiger partial charge in [-0.3, -0.25) is 5.84 Å². The van der Waals surface area contributed by atoms with Crippen molar-refractivity contribution in [3.05, 3.63) is 21.3 Å². The lowest BCUT2D eigenvalue weighted by Crippen LogP contribution is -2.38. The molecule has 6 heteroatoms. The maximum absolute atomic E-state index is 12.9. The lowest BCUT2D eigenvalue weighted by molar-refractivity contribution is -0.0182. The van der Waals surface area contributed by atoms with Gasteiger partial charge in [-0.25, -0.2) is 14.2 Å². The van der Waals surface area contributed by atoms with Crippen molar-refractivity contribution < 1.29 is 8.78 Å². The van der Waals surface area contributed by atoms with Gasteiger partial charge in [-0.05, 0) is 12.1 Å². The van der Waals surface area contributed by atoms with Gasteiger partial charge in [0.2, 0.25) is 0 Å². The van der Waals surface area contributed by atoms with Crippen molar-refractivity contribution in [3.8, 4) is 0 Å². The molecule has 0 aliphatic heterocycles. The van der Waals surface area contributed by atoms with E-state index >= 15 is 0 Å². The van der Waals surface area contributed by atoms with Gasteiger partial charge in [-0.2, -0.15) is 0 Å². The quantitative estimate of drug-likeness (QED) is 0.614. The highest BCUT2D eigenvalue weighted by Crippen LogP contribution is 2.35. The van der Waals surface area contributed by atoms with Crippen LogP contribution in [-0.2, 0) is 0 Å². The number of nitrogens with two attached hydrogens (primary N) is 1. The van der Waals surface area contributed by atoms with E-state index in [1.165, 1.54) is 6.07 Å². The zero-order valence-corrected chi connectivity index (χ0v) is 8.42. The minimum absolute atomic E-state index is 0.431. The molecular weight excluding hydrogens is 218 g/mol. The van der Waals surface area contributed by atoms with Crippen molar-refractivity contribution in [1.82, 2.24) is 5.43 Å². The molecule has 0 fully saturated rings. The Morgan fingerprint density at radius 1 is 1.62 bits per heavy atom. The first-order valence-corrected chi connectivity index (χ1v) is 4.74. The third-order valence-electron chi connectivity index (χ3n) is 1.55. The summed E-state index contributed by atoms with van der Waals surface area (Å²) >= 11 is 6.71. The van der Waals surface area contributed by atoms with Gasteiger partial charge in [-0.1, -0.05) is 11.6 Å². The predicted octanol–water partition coefficient (Wildman–Crippen LogP) is 2.56. The van der Waals surface area contributed by atoms with E-state index in [2.05, 4.69) is 5.43 Å². The topological polar surface area (TPSA) is 38.0 Å². The zero-order chi connectivity index (χ0) is 10.1. The summed E-state index contributed by atoms with van der Waals surface area (Å²) in [5, 5.41) is 0. The number of halogens is 3. The van der Waals surface area contributed by atoms with Gasteiger partial charge in [0.15, 0.2) is 0 Å². The van der Waals surface area contributed by atoms with Crippen LogP contribution in [0.25, 0.3) is 0 Å². The first kappa shape index (κ1) is 10.8. The summed E-state index contributed by atoms with van der Waals surface area (Å²) < 4.78 is 26.3. The summed E-state index contributed by atoms with van der Waals surface area (Å²) in [6.45, 7) is 0.811. The molecule has 13 heavy (non-hydrogen) atoms. The normalized spacial score (nSPS) is 14.5. The Hall–Kier alpha value is -0.230. The molecule has 1 aromatic rings. The van der Waals surface area contributed by atoms with Crippen LogP contribution in [0.3, 0.4) is 0 Å². The Labute approximate surface area is 83.7 Å². The highest BCUT2D eigenvalue weighted by Gasteiger charge is 2.35. The summed E-state index contributed by atoms with van der Waals surface area (Å²) in [6.07, 6.45) is 0. The molecule has 1 unspecified atom stereocenters. The monoisotopic (exact) mass is 226 g/mol. The van der Waals surface area contributed by atoms with E-state index < -0.39 is 12.0 Å². The molecule has 3 N–H and O–H groups in total. The van der Waals surface area contributed by atoms with E-state index in [0.717, 1.165) is 18.3 Å². The van der Waals surface area contributed by atoms with Crippen molar-refractivity contribution in [3.63, 3.8) is 0 Å². The molecule has 0 saturated heterocycles. The maximum Gasteiger partial charge on any atom is 0.266 e. The van der Waals surface area contributed by atoms with Gasteiger partial charge in [0.1, 0.15) is 6.04 Å². The average Bonchev–Trinajstić information content (AvgIpc) is 2.34. The van der Waals surface area contributed by atoms with Gasteiger partial charge >= 0.3 is 0 Å². The molecule has 0 amide bonds. The van der Waals surface area contributed by atoms with E-state index in [1.807, 2.05) is 0 Å². The Bertz CT molecular complexity index is 284. The molecule has 0 aliphatic carbocycles. The molecule has 74 valence electrons. The Morgan fingerprint density at radius 2 is 2.23 bits per heavy atom. The third kappa shape index (κ3) is 2.60. The fourth-order valence-electron chi connectivity index (χ4n) is 0.962. The van der Waals surface area contributed by atoms with Crippen LogP contribution in [-0.4, -0.2) is 5.92 Å². The summed E-state index contributed by atoms with van der Waals surface area (Å²) in [5.74, 6) is 2.13. The van der Waals surface area contributed by atoms with Crippen molar-refractivity contribution in [2.45, 2.75) is 18.9 Å². The molecule has 0 spiro atoms. The third-order valence-corrected chi connectivity index (χ3v) is 2.85. The predicted molar refractivity (Wildman–Crippen MR) is 50.0 cm³/mol. The molecule has 0 radical (unpaired) electrons. The average molecular weight is 227 g/mol. The van der Waals surface area contributed by atoms with Crippen LogP contribution >= 0.6 is 22.9 Å². The standard InChI is InChI=1S/C7H9ClF2N2S/c1-7(9,10)6(12-11)4-2-3-5(8)13-4/h2-3,6,12H,11H2,1H3. The number of nitrogens with one attached hydrogen (secondary N) is 1. The number of hydrogen-bond donors (Lipinski definition) is 2. The molecule has 1 aromatic heterocycles. The SMILES string of the molecule is CC(F)(F)C(NN)c1ccc(Cl)s1. The smallest absolute Gasteiger partial charge is 0.266 e. The fourth-order valence-corrected chi connectivity index (χ4v) is 2.18. The minimum atomic E-state index is -2.90. The van der Waals surface area contributed by atoms with Crippen molar-refractivity contribution in [2.24, 2.45) is 5.84 Å². The highest BCUT2D eigenvalue weighted by atomic mass is 35.5. The fraction of sp³-hybridized carbons (Fsp3) is 0.429. The lowest BCUT2D eigenvalue weighted by Gasteiger charge is -2.21. The minimum Gasteiger partial charge on any atom is -0.271 e. The van der Waals surface area contributed by atoms with Crippen molar-refractivity contribution in [2.75, 3.05) is 0 Å². The molecular formula is C7H9ClF2N2S. The number of hydrogen-bond acceptors (Lipinski definition) is 3. The van der Waals surface area contributed by atoms with Gasteiger partial charge in [-0.15, -0.1) is 11.3 Å². The summed E-state index contributed by atoms with van der Waals surface area (Å²) in [5.41, 5.74) is 2.07. The van der Waals surface area contributed by atoms with Gasteiger partial charge < -0.3 is 0 Å².